The highest BCUT2D eigenvalue weighted by atomic mass is 35.5. The van der Waals surface area contributed by atoms with E-state index in [0.717, 1.165) is 0 Å². The van der Waals surface area contributed by atoms with Crippen molar-refractivity contribution in [2.45, 2.75) is 25.9 Å². The molecular formula is C12H17ClFNO. The van der Waals surface area contributed by atoms with Crippen molar-refractivity contribution in [3.63, 3.8) is 0 Å². The predicted octanol–water partition coefficient (Wildman–Crippen LogP) is 2.54. The summed E-state index contributed by atoms with van der Waals surface area (Å²) in [6.07, 6.45) is -0.669. The second kappa shape index (κ2) is 5.62. The lowest BCUT2D eigenvalue weighted by atomic mass is 9.87. The first-order chi connectivity index (χ1) is 7.49. The third kappa shape index (κ3) is 2.73. The molecule has 2 unspecified atom stereocenters. The van der Waals surface area contributed by atoms with Crippen LogP contribution in [-0.4, -0.2) is 17.8 Å². The van der Waals surface area contributed by atoms with Gasteiger partial charge < -0.3 is 10.8 Å². The third-order valence-corrected chi connectivity index (χ3v) is 3.02. The van der Waals surface area contributed by atoms with E-state index < -0.39 is 17.8 Å². The first kappa shape index (κ1) is 13.4. The van der Waals surface area contributed by atoms with Gasteiger partial charge in [-0.3, -0.25) is 0 Å². The zero-order valence-corrected chi connectivity index (χ0v) is 10.2. The van der Waals surface area contributed by atoms with E-state index in [-0.39, 0.29) is 17.5 Å². The molecule has 0 heterocycles. The van der Waals surface area contributed by atoms with Gasteiger partial charge in [0.05, 0.1) is 11.1 Å². The molecule has 0 saturated carbocycles. The number of hydrogen-bond donors (Lipinski definition) is 2. The quantitative estimate of drug-likeness (QED) is 0.856. The maximum Gasteiger partial charge on any atom is 0.145 e. The summed E-state index contributed by atoms with van der Waals surface area (Å²) in [4.78, 5) is 0. The molecule has 4 heteroatoms. The molecule has 1 aromatic carbocycles. The SMILES string of the molecule is CC(C)C(O)C(CN)c1cccc(Cl)c1F. The average molecular weight is 246 g/mol. The predicted molar refractivity (Wildman–Crippen MR) is 64.1 cm³/mol. The molecule has 16 heavy (non-hydrogen) atoms. The Labute approximate surface area is 100 Å². The number of aliphatic hydroxyl groups is 1. The maximum atomic E-state index is 13.8. The normalized spacial score (nSPS) is 15.2. The molecule has 0 saturated heterocycles. The van der Waals surface area contributed by atoms with E-state index >= 15 is 0 Å². The summed E-state index contributed by atoms with van der Waals surface area (Å²) in [6.45, 7) is 3.93. The van der Waals surface area contributed by atoms with Crippen LogP contribution in [0.2, 0.25) is 5.02 Å². The number of benzene rings is 1. The van der Waals surface area contributed by atoms with E-state index in [1.54, 1.807) is 12.1 Å². The van der Waals surface area contributed by atoms with Crippen molar-refractivity contribution < 1.29 is 9.50 Å². The molecule has 0 aliphatic rings. The second-order valence-electron chi connectivity index (χ2n) is 4.22. The molecule has 0 radical (unpaired) electrons. The summed E-state index contributed by atoms with van der Waals surface area (Å²) in [7, 11) is 0. The highest BCUT2D eigenvalue weighted by Crippen LogP contribution is 2.28. The van der Waals surface area contributed by atoms with Crippen molar-refractivity contribution >= 4 is 11.6 Å². The Balaban J connectivity index is 3.09. The number of rotatable bonds is 4. The maximum absolute atomic E-state index is 13.8. The van der Waals surface area contributed by atoms with Gasteiger partial charge in [-0.1, -0.05) is 37.6 Å². The van der Waals surface area contributed by atoms with Crippen molar-refractivity contribution in [2.24, 2.45) is 11.7 Å². The van der Waals surface area contributed by atoms with Crippen LogP contribution in [0.5, 0.6) is 0 Å². The van der Waals surface area contributed by atoms with Crippen LogP contribution in [0.25, 0.3) is 0 Å². The fourth-order valence-electron chi connectivity index (χ4n) is 1.72. The molecule has 2 nitrogen and oxygen atoms in total. The molecule has 1 aromatic rings. The molecule has 1 rings (SSSR count). The van der Waals surface area contributed by atoms with Crippen LogP contribution < -0.4 is 5.73 Å². The molecular weight excluding hydrogens is 229 g/mol. The monoisotopic (exact) mass is 245 g/mol. The lowest BCUT2D eigenvalue weighted by molar-refractivity contribution is 0.0972. The highest BCUT2D eigenvalue weighted by Gasteiger charge is 2.25. The van der Waals surface area contributed by atoms with Gasteiger partial charge in [-0.2, -0.15) is 0 Å². The third-order valence-electron chi connectivity index (χ3n) is 2.73. The summed E-state index contributed by atoms with van der Waals surface area (Å²) in [6, 6.07) is 4.76. The van der Waals surface area contributed by atoms with Gasteiger partial charge in [0.25, 0.3) is 0 Å². The number of aliphatic hydroxyl groups excluding tert-OH is 1. The highest BCUT2D eigenvalue weighted by molar-refractivity contribution is 6.30. The van der Waals surface area contributed by atoms with Gasteiger partial charge in [0.15, 0.2) is 0 Å². The molecule has 0 aliphatic heterocycles. The zero-order chi connectivity index (χ0) is 12.3. The first-order valence-corrected chi connectivity index (χ1v) is 5.68. The topological polar surface area (TPSA) is 46.2 Å². The van der Waals surface area contributed by atoms with Gasteiger partial charge in [0.2, 0.25) is 0 Å². The van der Waals surface area contributed by atoms with E-state index in [9.17, 15) is 9.50 Å². The van der Waals surface area contributed by atoms with Gasteiger partial charge in [0.1, 0.15) is 5.82 Å². The summed E-state index contributed by atoms with van der Waals surface area (Å²) in [5.74, 6) is -0.884. The number of hydrogen-bond acceptors (Lipinski definition) is 2. The molecule has 0 spiro atoms. The van der Waals surface area contributed by atoms with Crippen molar-refractivity contribution in [3.05, 3.63) is 34.6 Å². The molecule has 3 N–H and O–H groups in total. The van der Waals surface area contributed by atoms with Gasteiger partial charge in [-0.15, -0.1) is 0 Å². The Bertz CT molecular complexity index is 357. The Morgan fingerprint density at radius 1 is 1.44 bits per heavy atom. The summed E-state index contributed by atoms with van der Waals surface area (Å²) >= 11 is 5.70. The van der Waals surface area contributed by atoms with Crippen LogP contribution >= 0.6 is 11.6 Å². The number of nitrogens with two attached hydrogens (primary N) is 1. The minimum Gasteiger partial charge on any atom is -0.392 e. The van der Waals surface area contributed by atoms with Gasteiger partial charge in [-0.05, 0) is 17.5 Å². The molecule has 0 aromatic heterocycles. The first-order valence-electron chi connectivity index (χ1n) is 5.31. The Hall–Kier alpha value is -0.640. The zero-order valence-electron chi connectivity index (χ0n) is 9.45. The molecule has 2 atom stereocenters. The fraction of sp³-hybridized carbons (Fsp3) is 0.500. The molecule has 0 bridgehead atoms. The van der Waals surface area contributed by atoms with Crippen LogP contribution in [0, 0.1) is 11.7 Å². The minimum absolute atomic E-state index is 0.0203. The van der Waals surface area contributed by atoms with E-state index in [0.29, 0.717) is 5.56 Å². The summed E-state index contributed by atoms with van der Waals surface area (Å²) in [5.41, 5.74) is 5.98. The van der Waals surface area contributed by atoms with Crippen LogP contribution in [0.1, 0.15) is 25.3 Å². The summed E-state index contributed by atoms with van der Waals surface area (Å²) in [5, 5.41) is 10.0. The summed E-state index contributed by atoms with van der Waals surface area (Å²) < 4.78 is 13.8. The largest absolute Gasteiger partial charge is 0.392 e. The van der Waals surface area contributed by atoms with E-state index in [1.165, 1.54) is 6.07 Å². The molecule has 0 fully saturated rings. The van der Waals surface area contributed by atoms with Crippen LogP contribution in [0.4, 0.5) is 4.39 Å². The van der Waals surface area contributed by atoms with E-state index in [4.69, 9.17) is 17.3 Å². The second-order valence-corrected chi connectivity index (χ2v) is 4.63. The van der Waals surface area contributed by atoms with Crippen molar-refractivity contribution in [1.29, 1.82) is 0 Å². The molecule has 0 aliphatic carbocycles. The Morgan fingerprint density at radius 2 is 2.06 bits per heavy atom. The Morgan fingerprint density at radius 3 is 2.56 bits per heavy atom. The minimum atomic E-state index is -0.669. The lowest BCUT2D eigenvalue weighted by Gasteiger charge is -2.25. The molecule has 0 amide bonds. The van der Waals surface area contributed by atoms with Crippen molar-refractivity contribution in [1.82, 2.24) is 0 Å². The van der Waals surface area contributed by atoms with Crippen LogP contribution in [0.3, 0.4) is 0 Å². The van der Waals surface area contributed by atoms with Crippen LogP contribution in [-0.2, 0) is 0 Å². The standard InChI is InChI=1S/C12H17ClFNO/c1-7(2)12(16)9(6-15)8-4-3-5-10(13)11(8)14/h3-5,7,9,12,16H,6,15H2,1-2H3. The molecule has 90 valence electrons. The lowest BCUT2D eigenvalue weighted by Crippen LogP contribution is -2.30. The smallest absolute Gasteiger partial charge is 0.145 e. The van der Waals surface area contributed by atoms with Gasteiger partial charge in [-0.25, -0.2) is 4.39 Å². The van der Waals surface area contributed by atoms with Crippen molar-refractivity contribution in [2.75, 3.05) is 6.54 Å². The van der Waals surface area contributed by atoms with Gasteiger partial charge in [0, 0.05) is 12.5 Å². The average Bonchev–Trinajstić information content (AvgIpc) is 2.24. The van der Waals surface area contributed by atoms with Crippen LogP contribution in [0.15, 0.2) is 18.2 Å². The van der Waals surface area contributed by atoms with E-state index in [1.807, 2.05) is 13.8 Å². The van der Waals surface area contributed by atoms with Gasteiger partial charge >= 0.3 is 0 Å². The fourth-order valence-corrected chi connectivity index (χ4v) is 1.90. The Kier molecular flexibility index (Phi) is 4.71. The van der Waals surface area contributed by atoms with E-state index in [2.05, 4.69) is 0 Å². The number of halogens is 2. The van der Waals surface area contributed by atoms with Crippen molar-refractivity contribution in [3.8, 4) is 0 Å².